The van der Waals surface area contributed by atoms with Gasteiger partial charge in [-0.15, -0.1) is 0 Å². The number of fused-ring (bicyclic) bond motifs is 9. The zero-order valence-electron chi connectivity index (χ0n) is 28.0. The highest BCUT2D eigenvalue weighted by molar-refractivity contribution is 6.09. The van der Waals surface area contributed by atoms with Crippen molar-refractivity contribution in [2.45, 2.75) is 38.5 Å². The van der Waals surface area contributed by atoms with Gasteiger partial charge in [0.25, 0.3) is 0 Å². The van der Waals surface area contributed by atoms with Crippen molar-refractivity contribution in [3.05, 3.63) is 156 Å². The van der Waals surface area contributed by atoms with Crippen molar-refractivity contribution in [2.75, 3.05) is 0 Å². The molecule has 0 spiro atoms. The number of rotatable bonds is 3. The van der Waals surface area contributed by atoms with Crippen LogP contribution in [0.5, 0.6) is 0 Å². The number of furan rings is 1. The quantitative estimate of drug-likeness (QED) is 0.195. The summed E-state index contributed by atoms with van der Waals surface area (Å²) in [6.45, 7) is 9.29. The number of hydrogen-bond donors (Lipinski definition) is 0. The van der Waals surface area contributed by atoms with Crippen molar-refractivity contribution in [2.24, 2.45) is 0 Å². The third kappa shape index (κ3) is 3.84. The van der Waals surface area contributed by atoms with Crippen molar-refractivity contribution in [1.82, 2.24) is 9.97 Å². The lowest BCUT2D eigenvalue weighted by Crippen LogP contribution is -2.14. The lowest BCUT2D eigenvalue weighted by Gasteiger charge is -2.22. The molecule has 3 heteroatoms. The van der Waals surface area contributed by atoms with Gasteiger partial charge in [0, 0.05) is 38.3 Å². The van der Waals surface area contributed by atoms with Crippen molar-refractivity contribution < 1.29 is 4.42 Å². The van der Waals surface area contributed by atoms with E-state index in [9.17, 15) is 0 Å². The summed E-state index contributed by atoms with van der Waals surface area (Å²) in [6.07, 6.45) is 0. The van der Waals surface area contributed by atoms with Crippen LogP contribution >= 0.6 is 0 Å². The SMILES string of the molecule is CC1(C)c2ccccc2-c2c(-c3cc(-c4cccc5c4oc4ccccc45)nc(-c4cccc5c4-c4ccccc4C5(C)C)n3)cccc21. The van der Waals surface area contributed by atoms with E-state index in [2.05, 4.69) is 149 Å². The van der Waals surface area contributed by atoms with Gasteiger partial charge in [0.1, 0.15) is 11.2 Å². The topological polar surface area (TPSA) is 38.9 Å². The monoisotopic (exact) mass is 630 g/mol. The number of hydrogen-bond acceptors (Lipinski definition) is 3. The van der Waals surface area contributed by atoms with Crippen LogP contribution in [0.3, 0.4) is 0 Å². The Morgan fingerprint density at radius 3 is 1.59 bits per heavy atom. The van der Waals surface area contributed by atoms with Crippen LogP contribution in [0.2, 0.25) is 0 Å². The molecule has 10 rings (SSSR count). The molecule has 2 aliphatic carbocycles. The minimum Gasteiger partial charge on any atom is -0.455 e. The minimum absolute atomic E-state index is 0.115. The van der Waals surface area contributed by atoms with Gasteiger partial charge >= 0.3 is 0 Å². The van der Waals surface area contributed by atoms with E-state index in [-0.39, 0.29) is 10.8 Å². The first-order valence-electron chi connectivity index (χ1n) is 17.1. The van der Waals surface area contributed by atoms with E-state index in [1.165, 1.54) is 44.5 Å². The van der Waals surface area contributed by atoms with Gasteiger partial charge in [-0.05, 0) is 62.7 Å². The van der Waals surface area contributed by atoms with Crippen molar-refractivity contribution >= 4 is 21.9 Å². The van der Waals surface area contributed by atoms with Crippen LogP contribution in [0.15, 0.2) is 138 Å². The second kappa shape index (κ2) is 9.87. The van der Waals surface area contributed by atoms with Crippen molar-refractivity contribution in [1.29, 1.82) is 0 Å². The number of nitrogens with zero attached hydrogens (tertiary/aromatic N) is 2. The van der Waals surface area contributed by atoms with Gasteiger partial charge in [0.05, 0.1) is 11.4 Å². The average molecular weight is 631 g/mol. The first-order valence-corrected chi connectivity index (χ1v) is 17.1. The molecular formula is C46H34N2O. The zero-order chi connectivity index (χ0) is 33.1. The maximum absolute atomic E-state index is 6.56. The van der Waals surface area contributed by atoms with E-state index in [1.807, 2.05) is 12.1 Å². The number of aromatic nitrogens is 2. The fraction of sp³-hybridized carbons (Fsp3) is 0.130. The first-order chi connectivity index (χ1) is 23.8. The second-order valence-corrected chi connectivity index (χ2v) is 14.5. The molecule has 0 aliphatic heterocycles. The lowest BCUT2D eigenvalue weighted by atomic mass is 9.82. The second-order valence-electron chi connectivity index (χ2n) is 14.5. The van der Waals surface area contributed by atoms with Gasteiger partial charge in [0.2, 0.25) is 0 Å². The minimum atomic E-state index is -0.127. The molecule has 0 fully saturated rings. The van der Waals surface area contributed by atoms with Crippen molar-refractivity contribution in [3.8, 4) is 56.2 Å². The predicted molar refractivity (Wildman–Crippen MR) is 201 cm³/mol. The van der Waals surface area contributed by atoms with E-state index < -0.39 is 0 Å². The van der Waals surface area contributed by atoms with E-state index in [1.54, 1.807) is 0 Å². The van der Waals surface area contributed by atoms with E-state index in [0.717, 1.165) is 50.0 Å². The molecule has 49 heavy (non-hydrogen) atoms. The Hall–Kier alpha value is -5.80. The fourth-order valence-corrected chi connectivity index (χ4v) is 8.70. The summed E-state index contributed by atoms with van der Waals surface area (Å²) < 4.78 is 6.56. The van der Waals surface area contributed by atoms with Crippen LogP contribution < -0.4 is 0 Å². The van der Waals surface area contributed by atoms with Crippen LogP contribution in [0.25, 0.3) is 78.1 Å². The molecule has 0 bridgehead atoms. The van der Waals surface area contributed by atoms with E-state index in [4.69, 9.17) is 14.4 Å². The smallest absolute Gasteiger partial charge is 0.161 e. The number of benzene rings is 6. The maximum atomic E-state index is 6.56. The summed E-state index contributed by atoms with van der Waals surface area (Å²) in [5, 5.41) is 2.19. The summed E-state index contributed by atoms with van der Waals surface area (Å²) in [6, 6.07) is 47.7. The Morgan fingerprint density at radius 2 is 0.898 bits per heavy atom. The fourth-order valence-electron chi connectivity index (χ4n) is 8.70. The predicted octanol–water partition coefficient (Wildman–Crippen LogP) is 12.0. The maximum Gasteiger partial charge on any atom is 0.161 e. The van der Waals surface area contributed by atoms with E-state index in [0.29, 0.717) is 5.82 Å². The highest BCUT2D eigenvalue weighted by Crippen LogP contribution is 2.54. The molecule has 6 aromatic carbocycles. The first kappa shape index (κ1) is 28.2. The third-order valence-electron chi connectivity index (χ3n) is 11.1. The Kier molecular flexibility index (Phi) is 5.69. The van der Waals surface area contributed by atoms with Crippen molar-refractivity contribution in [3.63, 3.8) is 0 Å². The molecule has 0 radical (unpaired) electrons. The Bertz CT molecular complexity index is 2550. The summed E-state index contributed by atoms with van der Waals surface area (Å²) in [4.78, 5) is 10.9. The third-order valence-corrected chi connectivity index (χ3v) is 11.1. The largest absolute Gasteiger partial charge is 0.455 e. The summed E-state index contributed by atoms with van der Waals surface area (Å²) in [7, 11) is 0. The van der Waals surface area contributed by atoms with Gasteiger partial charge < -0.3 is 4.42 Å². The van der Waals surface area contributed by atoms with Gasteiger partial charge in [-0.3, -0.25) is 0 Å². The molecule has 3 nitrogen and oxygen atoms in total. The van der Waals surface area contributed by atoms with Crippen LogP contribution in [-0.4, -0.2) is 9.97 Å². The molecule has 0 N–H and O–H groups in total. The zero-order valence-corrected chi connectivity index (χ0v) is 28.0. The van der Waals surface area contributed by atoms with Crippen LogP contribution in [0, 0.1) is 0 Å². The molecule has 8 aromatic rings. The molecular weight excluding hydrogens is 597 g/mol. The molecule has 234 valence electrons. The molecule has 0 atom stereocenters. The lowest BCUT2D eigenvalue weighted by molar-refractivity contribution is 0.660. The normalized spacial score (nSPS) is 14.9. The highest BCUT2D eigenvalue weighted by atomic mass is 16.3. The molecule has 0 saturated heterocycles. The Labute approximate surface area is 285 Å². The molecule has 2 aromatic heterocycles. The van der Waals surface area contributed by atoms with Crippen LogP contribution in [0.1, 0.15) is 49.9 Å². The van der Waals surface area contributed by atoms with Crippen LogP contribution in [-0.2, 0) is 10.8 Å². The van der Waals surface area contributed by atoms with Gasteiger partial charge in [-0.1, -0.05) is 143 Å². The van der Waals surface area contributed by atoms with Gasteiger partial charge in [-0.2, -0.15) is 0 Å². The Morgan fingerprint density at radius 1 is 0.429 bits per heavy atom. The van der Waals surface area contributed by atoms with Crippen LogP contribution in [0.4, 0.5) is 0 Å². The van der Waals surface area contributed by atoms with E-state index >= 15 is 0 Å². The van der Waals surface area contributed by atoms with Gasteiger partial charge in [-0.25, -0.2) is 9.97 Å². The molecule has 2 aliphatic rings. The molecule has 2 heterocycles. The highest BCUT2D eigenvalue weighted by Gasteiger charge is 2.38. The molecule has 0 saturated carbocycles. The Balaban J connectivity index is 1.29. The number of para-hydroxylation sites is 2. The molecule has 0 unspecified atom stereocenters. The average Bonchev–Trinajstić information content (AvgIpc) is 3.71. The summed E-state index contributed by atoms with van der Waals surface area (Å²) in [5.41, 5.74) is 16.6. The standard InChI is InChI=1S/C46H34N2O/c1-45(2)34-21-8-5-15-29(34)41-31(18-12-23-36(41)45)38-26-39(32-19-11-17-28-27-14-7-10-25-40(27)49-43(28)32)48-44(47-38)33-20-13-24-37-42(33)30-16-6-9-22-35(30)46(37,3)4/h5-26H,1-4H3. The van der Waals surface area contributed by atoms with Gasteiger partial charge in [0.15, 0.2) is 5.82 Å². The molecule has 0 amide bonds. The summed E-state index contributed by atoms with van der Waals surface area (Å²) >= 11 is 0. The summed E-state index contributed by atoms with van der Waals surface area (Å²) in [5.74, 6) is 0.716.